The number of aromatic nitrogens is 1. The first-order valence-electron chi connectivity index (χ1n) is 6.64. The van der Waals surface area contributed by atoms with Crippen molar-refractivity contribution in [2.45, 2.75) is 51.2 Å². The molecule has 1 aromatic heterocycles. The van der Waals surface area contributed by atoms with E-state index in [4.69, 9.17) is 5.73 Å². The van der Waals surface area contributed by atoms with Gasteiger partial charge in [0.05, 0.1) is 11.7 Å². The van der Waals surface area contributed by atoms with Crippen LogP contribution in [0.25, 0.3) is 0 Å². The van der Waals surface area contributed by atoms with E-state index in [1.54, 1.807) is 0 Å². The van der Waals surface area contributed by atoms with Crippen LogP contribution in [0.4, 0.5) is 0 Å². The second kappa shape index (κ2) is 5.80. The number of halogens is 2. The van der Waals surface area contributed by atoms with Crippen LogP contribution < -0.4 is 5.73 Å². The Morgan fingerprint density at radius 1 is 1.37 bits per heavy atom. The van der Waals surface area contributed by atoms with Crippen LogP contribution in [0.1, 0.15) is 45.3 Å². The highest BCUT2D eigenvalue weighted by atomic mass is 79.9. The van der Waals surface area contributed by atoms with Crippen molar-refractivity contribution in [3.8, 4) is 0 Å². The molecule has 106 valence electrons. The van der Waals surface area contributed by atoms with Gasteiger partial charge in [0.1, 0.15) is 0 Å². The summed E-state index contributed by atoms with van der Waals surface area (Å²) in [5.41, 5.74) is 7.53. The van der Waals surface area contributed by atoms with Gasteiger partial charge in [0.15, 0.2) is 0 Å². The van der Waals surface area contributed by atoms with Crippen molar-refractivity contribution in [3.05, 3.63) is 26.9 Å². The fraction of sp³-hybridized carbons (Fsp3) is 0.643. The van der Waals surface area contributed by atoms with E-state index in [2.05, 4.69) is 62.5 Å². The van der Waals surface area contributed by atoms with Gasteiger partial charge < -0.3 is 5.73 Å². The number of hydrogen-bond acceptors (Lipinski definition) is 3. The Bertz CT molecular complexity index is 456. The monoisotopic (exact) mass is 389 g/mol. The largest absolute Gasteiger partial charge is 0.326 e. The van der Waals surface area contributed by atoms with E-state index in [0.717, 1.165) is 34.0 Å². The zero-order valence-corrected chi connectivity index (χ0v) is 14.8. The van der Waals surface area contributed by atoms with Crippen molar-refractivity contribution in [3.63, 3.8) is 0 Å². The summed E-state index contributed by atoms with van der Waals surface area (Å²) < 4.78 is 2.01. The van der Waals surface area contributed by atoms with E-state index in [1.807, 2.05) is 12.3 Å². The smallest absolute Gasteiger partial charge is 0.0733 e. The maximum absolute atomic E-state index is 6.39. The highest BCUT2D eigenvalue weighted by molar-refractivity contribution is 9.11. The molecule has 1 saturated heterocycles. The third-order valence-corrected chi connectivity index (χ3v) is 4.72. The van der Waals surface area contributed by atoms with Crippen LogP contribution in [0.2, 0.25) is 0 Å². The third kappa shape index (κ3) is 3.38. The molecule has 0 radical (unpaired) electrons. The fourth-order valence-corrected chi connectivity index (χ4v) is 3.99. The number of likely N-dealkylation sites (tertiary alicyclic amines) is 1. The predicted molar refractivity (Wildman–Crippen MR) is 86.0 cm³/mol. The van der Waals surface area contributed by atoms with Crippen LogP contribution in [0.5, 0.6) is 0 Å². The molecule has 1 aliphatic heterocycles. The molecule has 1 fully saturated rings. The van der Waals surface area contributed by atoms with Gasteiger partial charge in [-0.25, -0.2) is 0 Å². The van der Waals surface area contributed by atoms with Crippen molar-refractivity contribution < 1.29 is 0 Å². The van der Waals surface area contributed by atoms with Gasteiger partial charge in [-0.15, -0.1) is 0 Å². The minimum absolute atomic E-state index is 0.0941. The summed E-state index contributed by atoms with van der Waals surface area (Å²) in [4.78, 5) is 7.07. The lowest BCUT2D eigenvalue weighted by atomic mass is 9.89. The lowest BCUT2D eigenvalue weighted by Gasteiger charge is -2.47. The summed E-state index contributed by atoms with van der Waals surface area (Å²) in [5, 5.41) is 0. The maximum atomic E-state index is 6.39. The van der Waals surface area contributed by atoms with Gasteiger partial charge >= 0.3 is 0 Å². The number of piperidine rings is 1. The highest BCUT2D eigenvalue weighted by Gasteiger charge is 2.38. The van der Waals surface area contributed by atoms with Crippen molar-refractivity contribution in [2.24, 2.45) is 5.73 Å². The molecule has 2 N–H and O–H groups in total. The normalized spacial score (nSPS) is 25.6. The average Bonchev–Trinajstić information content (AvgIpc) is 2.28. The van der Waals surface area contributed by atoms with Crippen LogP contribution >= 0.6 is 31.9 Å². The van der Waals surface area contributed by atoms with E-state index >= 15 is 0 Å². The second-order valence-electron chi connectivity index (χ2n) is 6.14. The number of nitrogens with zero attached hydrogens (tertiary/aromatic N) is 2. The van der Waals surface area contributed by atoms with Crippen molar-refractivity contribution in [1.29, 1.82) is 0 Å². The molecule has 3 nitrogen and oxygen atoms in total. The molecule has 2 atom stereocenters. The molecule has 19 heavy (non-hydrogen) atoms. The molecule has 2 unspecified atom stereocenters. The van der Waals surface area contributed by atoms with Crippen LogP contribution in [0.3, 0.4) is 0 Å². The number of pyridine rings is 1. The molecule has 0 bridgehead atoms. The van der Waals surface area contributed by atoms with Gasteiger partial charge in [-0.2, -0.15) is 0 Å². The van der Waals surface area contributed by atoms with E-state index < -0.39 is 0 Å². The molecule has 2 rings (SSSR count). The van der Waals surface area contributed by atoms with Crippen LogP contribution in [-0.2, 0) is 0 Å². The van der Waals surface area contributed by atoms with E-state index in [1.165, 1.54) is 0 Å². The molecule has 0 aromatic carbocycles. The molecule has 5 heteroatoms. The first-order chi connectivity index (χ1) is 8.80. The molecular weight excluding hydrogens is 370 g/mol. The van der Waals surface area contributed by atoms with Gasteiger partial charge in [-0.1, -0.05) is 0 Å². The number of nitrogens with two attached hydrogens (primary N) is 1. The molecule has 0 saturated carbocycles. The lowest BCUT2D eigenvalue weighted by molar-refractivity contribution is 0.0359. The molecule has 1 aliphatic rings. The first kappa shape index (κ1) is 15.4. The minimum Gasteiger partial charge on any atom is -0.326 e. The Balaban J connectivity index is 2.42. The first-order valence-corrected chi connectivity index (χ1v) is 8.22. The maximum Gasteiger partial charge on any atom is 0.0733 e. The Hall–Kier alpha value is 0.0300. The van der Waals surface area contributed by atoms with Crippen molar-refractivity contribution >= 4 is 31.9 Å². The van der Waals surface area contributed by atoms with Crippen LogP contribution in [0, 0.1) is 0 Å². The summed E-state index contributed by atoms with van der Waals surface area (Å²) in [6, 6.07) is 2.36. The standard InChI is InChI=1S/C14H21Br2N3/c1-14(2,3)19-6-4-5-11(17)13(19)12-10(16)7-9(15)8-18-12/h7-8,11,13H,4-6,17H2,1-3H3. The lowest BCUT2D eigenvalue weighted by Crippen LogP contribution is -2.53. The van der Waals surface area contributed by atoms with E-state index in [9.17, 15) is 0 Å². The van der Waals surface area contributed by atoms with Gasteiger partial charge in [-0.3, -0.25) is 9.88 Å². The fourth-order valence-electron chi connectivity index (χ4n) is 2.77. The van der Waals surface area contributed by atoms with Crippen LogP contribution in [-0.4, -0.2) is 28.0 Å². The van der Waals surface area contributed by atoms with E-state index in [-0.39, 0.29) is 17.6 Å². The summed E-state index contributed by atoms with van der Waals surface area (Å²) in [5.74, 6) is 0. The molecule has 0 amide bonds. The van der Waals surface area contributed by atoms with Crippen molar-refractivity contribution in [1.82, 2.24) is 9.88 Å². The van der Waals surface area contributed by atoms with Gasteiger partial charge in [-0.05, 0) is 78.1 Å². The Labute approximate surface area is 132 Å². The molecule has 1 aromatic rings. The third-order valence-electron chi connectivity index (χ3n) is 3.66. The minimum atomic E-state index is 0.0941. The Kier molecular flexibility index (Phi) is 4.71. The van der Waals surface area contributed by atoms with Gasteiger partial charge in [0.2, 0.25) is 0 Å². The zero-order valence-electron chi connectivity index (χ0n) is 11.7. The highest BCUT2D eigenvalue weighted by Crippen LogP contribution is 2.37. The zero-order chi connectivity index (χ0) is 14.2. The van der Waals surface area contributed by atoms with Crippen molar-refractivity contribution in [2.75, 3.05) is 6.54 Å². The summed E-state index contributed by atoms with van der Waals surface area (Å²) in [6.45, 7) is 7.80. The second-order valence-corrected chi connectivity index (χ2v) is 7.91. The topological polar surface area (TPSA) is 42.1 Å². The van der Waals surface area contributed by atoms with Crippen LogP contribution in [0.15, 0.2) is 21.2 Å². The summed E-state index contributed by atoms with van der Waals surface area (Å²) in [7, 11) is 0. The average molecular weight is 391 g/mol. The number of rotatable bonds is 1. The molecule has 0 aliphatic carbocycles. The predicted octanol–water partition coefficient (Wildman–Crippen LogP) is 3.87. The molecule has 0 spiro atoms. The quantitative estimate of drug-likeness (QED) is 0.791. The summed E-state index contributed by atoms with van der Waals surface area (Å²) in [6.07, 6.45) is 4.06. The SMILES string of the molecule is CC(C)(C)N1CCCC(N)C1c1ncc(Br)cc1Br. The molecule has 2 heterocycles. The van der Waals surface area contributed by atoms with Gasteiger partial charge in [0.25, 0.3) is 0 Å². The Morgan fingerprint density at radius 2 is 2.05 bits per heavy atom. The Morgan fingerprint density at radius 3 is 2.63 bits per heavy atom. The molecular formula is C14H21Br2N3. The van der Waals surface area contributed by atoms with E-state index in [0.29, 0.717) is 0 Å². The summed E-state index contributed by atoms with van der Waals surface area (Å²) >= 11 is 7.08. The number of hydrogen-bond donors (Lipinski definition) is 1. The van der Waals surface area contributed by atoms with Gasteiger partial charge in [0, 0.05) is 26.7 Å².